The van der Waals surface area contributed by atoms with Crippen molar-refractivity contribution in [3.8, 4) is 0 Å². The van der Waals surface area contributed by atoms with Gasteiger partial charge in [0.2, 0.25) is 4.80 Å². The molecule has 0 radical (unpaired) electrons. The van der Waals surface area contributed by atoms with Crippen LogP contribution in [0.4, 0.5) is 0 Å². The summed E-state index contributed by atoms with van der Waals surface area (Å²) in [5, 5.41) is 2.68. The Morgan fingerprint density at radius 1 is 1.26 bits per heavy atom. The van der Waals surface area contributed by atoms with E-state index in [-0.39, 0.29) is 4.21 Å². The molecule has 0 saturated heterocycles. The van der Waals surface area contributed by atoms with Crippen LogP contribution in [0.25, 0.3) is 10.2 Å². The highest BCUT2D eigenvalue weighted by molar-refractivity contribution is 7.92. The van der Waals surface area contributed by atoms with Gasteiger partial charge in [0.15, 0.2) is 0 Å². The molecular formula is C14H10Cl2N2O2S3. The largest absolute Gasteiger partial charge is 0.311 e. The fraction of sp³-hybridized carbons (Fsp3) is 0.0714. The summed E-state index contributed by atoms with van der Waals surface area (Å²) in [6, 6.07) is 6.55. The minimum Gasteiger partial charge on any atom is -0.311 e. The van der Waals surface area contributed by atoms with E-state index in [2.05, 4.69) is 11.0 Å². The van der Waals surface area contributed by atoms with Gasteiger partial charge in [-0.15, -0.1) is 22.3 Å². The molecule has 0 unspecified atom stereocenters. The summed E-state index contributed by atoms with van der Waals surface area (Å²) < 4.78 is 31.4. The van der Waals surface area contributed by atoms with Crippen LogP contribution in [0.15, 0.2) is 50.9 Å². The highest BCUT2D eigenvalue weighted by Gasteiger charge is 2.17. The smallest absolute Gasteiger partial charge is 0.294 e. The van der Waals surface area contributed by atoms with Gasteiger partial charge in [-0.2, -0.15) is 8.42 Å². The van der Waals surface area contributed by atoms with Gasteiger partial charge < -0.3 is 4.57 Å². The zero-order chi connectivity index (χ0) is 16.6. The Kier molecular flexibility index (Phi) is 4.66. The number of thiazole rings is 1. The third kappa shape index (κ3) is 3.12. The number of nitrogens with zero attached hydrogens (tertiary/aromatic N) is 2. The normalized spacial score (nSPS) is 12.9. The van der Waals surface area contributed by atoms with Crippen LogP contribution in [-0.4, -0.2) is 13.0 Å². The van der Waals surface area contributed by atoms with Gasteiger partial charge in [-0.3, -0.25) is 0 Å². The first-order chi connectivity index (χ1) is 10.9. The van der Waals surface area contributed by atoms with Crippen LogP contribution in [0.2, 0.25) is 10.0 Å². The molecular weight excluding hydrogens is 395 g/mol. The van der Waals surface area contributed by atoms with Crippen LogP contribution < -0.4 is 4.80 Å². The fourth-order valence-corrected chi connectivity index (χ4v) is 5.86. The van der Waals surface area contributed by atoms with Gasteiger partial charge in [0.05, 0.1) is 20.3 Å². The minimum atomic E-state index is -3.77. The van der Waals surface area contributed by atoms with Crippen molar-refractivity contribution in [1.29, 1.82) is 0 Å². The molecule has 0 N–H and O–H groups in total. The van der Waals surface area contributed by atoms with Crippen molar-refractivity contribution in [1.82, 2.24) is 4.57 Å². The first kappa shape index (κ1) is 16.7. The third-order valence-electron chi connectivity index (χ3n) is 2.99. The van der Waals surface area contributed by atoms with Crippen molar-refractivity contribution in [3.05, 3.63) is 57.1 Å². The summed E-state index contributed by atoms with van der Waals surface area (Å²) in [5.74, 6) is 0. The summed E-state index contributed by atoms with van der Waals surface area (Å²) in [6.45, 7) is 4.07. The van der Waals surface area contributed by atoms with E-state index >= 15 is 0 Å². The van der Waals surface area contributed by atoms with E-state index in [1.165, 1.54) is 17.4 Å². The molecule has 0 fully saturated rings. The Labute approximate surface area is 151 Å². The molecule has 0 atom stereocenters. The molecule has 0 spiro atoms. The van der Waals surface area contributed by atoms with E-state index in [4.69, 9.17) is 23.2 Å². The van der Waals surface area contributed by atoms with Gasteiger partial charge in [0.25, 0.3) is 10.0 Å². The van der Waals surface area contributed by atoms with Gasteiger partial charge >= 0.3 is 0 Å². The van der Waals surface area contributed by atoms with Gasteiger partial charge in [0.1, 0.15) is 4.21 Å². The number of benzene rings is 1. The first-order valence-electron chi connectivity index (χ1n) is 6.37. The minimum absolute atomic E-state index is 0.192. The van der Waals surface area contributed by atoms with Crippen molar-refractivity contribution in [3.63, 3.8) is 0 Å². The van der Waals surface area contributed by atoms with Crippen molar-refractivity contribution in [2.24, 2.45) is 4.40 Å². The summed E-state index contributed by atoms with van der Waals surface area (Å²) in [7, 11) is -3.77. The molecule has 9 heteroatoms. The summed E-state index contributed by atoms with van der Waals surface area (Å²) in [5.41, 5.74) is 0.657. The molecule has 2 heterocycles. The van der Waals surface area contributed by atoms with Crippen molar-refractivity contribution in [2.75, 3.05) is 0 Å². The van der Waals surface area contributed by atoms with Crippen LogP contribution in [0.3, 0.4) is 0 Å². The number of aromatic nitrogens is 1. The Bertz CT molecular complexity index is 1050. The molecule has 0 aliphatic heterocycles. The van der Waals surface area contributed by atoms with E-state index in [0.717, 1.165) is 11.3 Å². The monoisotopic (exact) mass is 404 g/mol. The molecule has 3 aromatic rings. The molecule has 120 valence electrons. The van der Waals surface area contributed by atoms with Crippen LogP contribution in [0, 0.1) is 0 Å². The van der Waals surface area contributed by atoms with Gasteiger partial charge in [-0.05, 0) is 23.6 Å². The number of allylic oxidation sites excluding steroid dienone is 1. The van der Waals surface area contributed by atoms with E-state index < -0.39 is 10.0 Å². The van der Waals surface area contributed by atoms with Crippen LogP contribution in [-0.2, 0) is 16.6 Å². The maximum absolute atomic E-state index is 12.4. The summed E-state index contributed by atoms with van der Waals surface area (Å²) >= 11 is 14.8. The lowest BCUT2D eigenvalue weighted by Crippen LogP contribution is -2.16. The zero-order valence-corrected chi connectivity index (χ0v) is 15.5. The lowest BCUT2D eigenvalue weighted by molar-refractivity contribution is 0.598. The van der Waals surface area contributed by atoms with Crippen LogP contribution >= 0.6 is 45.9 Å². The Morgan fingerprint density at radius 3 is 2.65 bits per heavy atom. The van der Waals surface area contributed by atoms with Crippen molar-refractivity contribution < 1.29 is 8.42 Å². The lowest BCUT2D eigenvalue weighted by atomic mass is 10.3. The van der Waals surface area contributed by atoms with Gasteiger partial charge in [0, 0.05) is 6.54 Å². The van der Waals surface area contributed by atoms with Crippen molar-refractivity contribution in [2.45, 2.75) is 10.8 Å². The third-order valence-corrected chi connectivity index (χ3v) is 7.59. The maximum atomic E-state index is 12.4. The van der Waals surface area contributed by atoms with E-state index in [0.29, 0.717) is 31.6 Å². The number of rotatable bonds is 4. The van der Waals surface area contributed by atoms with Crippen LogP contribution in [0.5, 0.6) is 0 Å². The molecule has 23 heavy (non-hydrogen) atoms. The summed E-state index contributed by atoms with van der Waals surface area (Å²) in [6.07, 6.45) is 1.65. The molecule has 1 aromatic carbocycles. The molecule has 0 saturated carbocycles. The highest BCUT2D eigenvalue weighted by Crippen LogP contribution is 2.32. The van der Waals surface area contributed by atoms with E-state index in [9.17, 15) is 8.42 Å². The number of hydrogen-bond donors (Lipinski definition) is 0. The molecule has 2 aromatic heterocycles. The molecule has 3 rings (SSSR count). The standard InChI is InChI=1S/C14H10Cl2N2O2S3/c1-2-7-18-12-9(15)5-6-10(16)13(12)22-14(18)17-23(19,20)11-4-3-8-21-11/h2-6,8H,1,7H2/b17-14-. The Morgan fingerprint density at radius 2 is 2.00 bits per heavy atom. The van der Waals surface area contributed by atoms with E-state index in [1.807, 2.05) is 0 Å². The number of halogens is 2. The highest BCUT2D eigenvalue weighted by atomic mass is 35.5. The lowest BCUT2D eigenvalue weighted by Gasteiger charge is -2.03. The van der Waals surface area contributed by atoms with Crippen molar-refractivity contribution >= 4 is 66.1 Å². The zero-order valence-electron chi connectivity index (χ0n) is 11.6. The second-order valence-electron chi connectivity index (χ2n) is 4.49. The molecule has 0 bridgehead atoms. The van der Waals surface area contributed by atoms with E-state index in [1.54, 1.807) is 34.2 Å². The van der Waals surface area contributed by atoms with Gasteiger partial charge in [-0.25, -0.2) is 0 Å². The predicted octanol–water partition coefficient (Wildman–Crippen LogP) is 4.55. The van der Waals surface area contributed by atoms with Gasteiger partial charge in [-0.1, -0.05) is 46.7 Å². The molecule has 0 amide bonds. The first-order valence-corrected chi connectivity index (χ1v) is 10.3. The average Bonchev–Trinajstić information content (AvgIpc) is 3.13. The predicted molar refractivity (Wildman–Crippen MR) is 97.1 cm³/mol. The summed E-state index contributed by atoms with van der Waals surface area (Å²) in [4.78, 5) is 0.309. The molecule has 0 aliphatic rings. The Hall–Kier alpha value is -1.12. The SMILES string of the molecule is C=CCn1/c(=N/S(=O)(=O)c2cccs2)sc2c(Cl)ccc(Cl)c21. The molecule has 4 nitrogen and oxygen atoms in total. The molecule has 0 aliphatic carbocycles. The number of fused-ring (bicyclic) bond motifs is 1. The number of thiophene rings is 1. The second-order valence-corrected chi connectivity index (χ2v) is 9.06. The van der Waals surface area contributed by atoms with Crippen LogP contribution in [0.1, 0.15) is 0 Å². The maximum Gasteiger partial charge on any atom is 0.294 e. The fourth-order valence-electron chi connectivity index (χ4n) is 2.04. The Balaban J connectivity index is 2.36. The number of hydrogen-bond acceptors (Lipinski definition) is 4. The number of sulfonamides is 1. The second kappa shape index (κ2) is 6.41. The quantitative estimate of drug-likeness (QED) is 0.598. The average molecular weight is 405 g/mol. The topological polar surface area (TPSA) is 51.4 Å².